The molecule has 2 rings (SSSR count). The van der Waals surface area contributed by atoms with Gasteiger partial charge in [0.2, 0.25) is 0 Å². The normalized spacial score (nSPS) is 33.3. The molecule has 5 nitrogen and oxygen atoms in total. The molecule has 0 aromatic carbocycles. The number of carboxylic acids is 1. The van der Waals surface area contributed by atoms with E-state index in [0.717, 1.165) is 32.1 Å². The van der Waals surface area contributed by atoms with Gasteiger partial charge >= 0.3 is 12.0 Å². The van der Waals surface area contributed by atoms with Crippen molar-refractivity contribution in [2.24, 2.45) is 0 Å². The quantitative estimate of drug-likeness (QED) is 0.870. The van der Waals surface area contributed by atoms with Gasteiger partial charge in [-0.1, -0.05) is 13.3 Å². The second-order valence-corrected chi connectivity index (χ2v) is 6.66. The largest absolute Gasteiger partial charge is 0.479 e. The number of hydrogen-bond acceptors (Lipinski definition) is 2. The Morgan fingerprint density at radius 2 is 1.81 bits per heavy atom. The van der Waals surface area contributed by atoms with Crippen LogP contribution in [0.1, 0.15) is 65.7 Å². The van der Waals surface area contributed by atoms with Crippen LogP contribution in [-0.4, -0.2) is 51.1 Å². The second kappa shape index (κ2) is 6.24. The highest BCUT2D eigenvalue weighted by Crippen LogP contribution is 2.36. The van der Waals surface area contributed by atoms with Crippen molar-refractivity contribution < 1.29 is 14.7 Å². The molecule has 2 aliphatic heterocycles. The van der Waals surface area contributed by atoms with Crippen LogP contribution < -0.4 is 0 Å². The van der Waals surface area contributed by atoms with E-state index < -0.39 is 11.5 Å². The van der Waals surface area contributed by atoms with Crippen LogP contribution in [0.5, 0.6) is 0 Å². The number of urea groups is 1. The van der Waals surface area contributed by atoms with Crippen molar-refractivity contribution in [3.63, 3.8) is 0 Å². The molecule has 3 unspecified atom stereocenters. The summed E-state index contributed by atoms with van der Waals surface area (Å²) in [6.45, 7) is 6.71. The summed E-state index contributed by atoms with van der Waals surface area (Å²) in [7, 11) is 0. The van der Waals surface area contributed by atoms with Crippen LogP contribution in [-0.2, 0) is 4.79 Å². The molecule has 0 bridgehead atoms. The van der Waals surface area contributed by atoms with E-state index in [1.54, 1.807) is 4.90 Å². The maximum Gasteiger partial charge on any atom is 0.329 e. The number of carbonyl (C=O) groups is 2. The highest BCUT2D eigenvalue weighted by molar-refractivity contribution is 5.87. The highest BCUT2D eigenvalue weighted by Gasteiger charge is 2.51. The van der Waals surface area contributed by atoms with Crippen molar-refractivity contribution in [3.05, 3.63) is 0 Å². The summed E-state index contributed by atoms with van der Waals surface area (Å²) >= 11 is 0. The monoisotopic (exact) mass is 296 g/mol. The lowest BCUT2D eigenvalue weighted by Gasteiger charge is -2.44. The van der Waals surface area contributed by atoms with Gasteiger partial charge in [-0.25, -0.2) is 9.59 Å². The number of piperidine rings is 1. The minimum absolute atomic E-state index is 0.0666. The number of likely N-dealkylation sites (tertiary alicyclic amines) is 2. The summed E-state index contributed by atoms with van der Waals surface area (Å²) in [6, 6.07) is 0.341. The van der Waals surface area contributed by atoms with Crippen LogP contribution >= 0.6 is 0 Å². The third-order valence-corrected chi connectivity index (χ3v) is 5.20. The molecule has 0 aliphatic carbocycles. The van der Waals surface area contributed by atoms with E-state index in [9.17, 15) is 14.7 Å². The molecule has 120 valence electrons. The van der Waals surface area contributed by atoms with Crippen molar-refractivity contribution in [3.8, 4) is 0 Å². The van der Waals surface area contributed by atoms with E-state index in [4.69, 9.17) is 0 Å². The van der Waals surface area contributed by atoms with E-state index >= 15 is 0 Å². The van der Waals surface area contributed by atoms with Crippen molar-refractivity contribution in [1.82, 2.24) is 9.80 Å². The number of rotatable bonds is 3. The van der Waals surface area contributed by atoms with Crippen LogP contribution in [0.15, 0.2) is 0 Å². The minimum atomic E-state index is -0.983. The first-order chi connectivity index (χ1) is 9.94. The lowest BCUT2D eigenvalue weighted by molar-refractivity contribution is -0.149. The topological polar surface area (TPSA) is 60.9 Å². The predicted molar refractivity (Wildman–Crippen MR) is 81.2 cm³/mol. The van der Waals surface area contributed by atoms with Crippen molar-refractivity contribution in [2.75, 3.05) is 6.54 Å². The van der Waals surface area contributed by atoms with Crippen molar-refractivity contribution in [2.45, 2.75) is 83.3 Å². The maximum atomic E-state index is 13.0. The molecule has 0 aromatic heterocycles. The smallest absolute Gasteiger partial charge is 0.329 e. The first-order valence-corrected chi connectivity index (χ1v) is 8.27. The molecular weight excluding hydrogens is 268 g/mol. The second-order valence-electron chi connectivity index (χ2n) is 6.66. The zero-order chi connectivity index (χ0) is 15.6. The summed E-state index contributed by atoms with van der Waals surface area (Å²) in [5.74, 6) is -0.840. The number of hydrogen-bond donors (Lipinski definition) is 1. The third kappa shape index (κ3) is 2.74. The van der Waals surface area contributed by atoms with Crippen LogP contribution in [0.3, 0.4) is 0 Å². The molecule has 2 heterocycles. The zero-order valence-electron chi connectivity index (χ0n) is 13.5. The van der Waals surface area contributed by atoms with Gasteiger partial charge in [-0.3, -0.25) is 0 Å². The number of aliphatic carboxylic acids is 1. The molecule has 5 heteroatoms. The Bertz CT molecular complexity index is 402. The van der Waals surface area contributed by atoms with Crippen LogP contribution in [0.25, 0.3) is 0 Å². The number of carboxylic acid groups (broad SMARTS) is 1. The van der Waals surface area contributed by atoms with Crippen molar-refractivity contribution >= 4 is 12.0 Å². The molecule has 0 spiro atoms. The van der Waals surface area contributed by atoms with E-state index in [0.29, 0.717) is 19.4 Å². The van der Waals surface area contributed by atoms with Gasteiger partial charge < -0.3 is 14.9 Å². The van der Waals surface area contributed by atoms with Crippen LogP contribution in [0.2, 0.25) is 0 Å². The SMILES string of the molecule is CCCC1(C(=O)O)CCCN1C(=O)N1C(C)CCCC1C. The first-order valence-electron chi connectivity index (χ1n) is 8.27. The van der Waals surface area contributed by atoms with Crippen LogP contribution in [0.4, 0.5) is 4.79 Å². The molecule has 2 aliphatic rings. The van der Waals surface area contributed by atoms with Gasteiger partial charge in [0.05, 0.1) is 0 Å². The summed E-state index contributed by atoms with van der Waals surface area (Å²) in [6.07, 6.45) is 5.86. The fraction of sp³-hybridized carbons (Fsp3) is 0.875. The average Bonchev–Trinajstić information content (AvgIpc) is 2.84. The third-order valence-electron chi connectivity index (χ3n) is 5.20. The molecule has 2 fully saturated rings. The van der Waals surface area contributed by atoms with Crippen molar-refractivity contribution in [1.29, 1.82) is 0 Å². The van der Waals surface area contributed by atoms with Crippen LogP contribution in [0, 0.1) is 0 Å². The molecule has 1 N–H and O–H groups in total. The van der Waals surface area contributed by atoms with E-state index in [2.05, 4.69) is 13.8 Å². The fourth-order valence-corrected chi connectivity index (χ4v) is 4.10. The van der Waals surface area contributed by atoms with E-state index in [-0.39, 0.29) is 18.1 Å². The number of amides is 2. The van der Waals surface area contributed by atoms with E-state index in [1.165, 1.54) is 0 Å². The molecule has 0 aromatic rings. The summed E-state index contributed by atoms with van der Waals surface area (Å²) in [5.41, 5.74) is -0.983. The molecule has 2 amide bonds. The van der Waals surface area contributed by atoms with Gasteiger partial charge in [0.25, 0.3) is 0 Å². The first kappa shape index (κ1) is 16.1. The van der Waals surface area contributed by atoms with Gasteiger partial charge in [-0.05, 0) is 52.4 Å². The number of nitrogens with zero attached hydrogens (tertiary/aromatic N) is 2. The zero-order valence-corrected chi connectivity index (χ0v) is 13.5. The van der Waals surface area contributed by atoms with Gasteiger partial charge in [0, 0.05) is 18.6 Å². The molecule has 0 saturated carbocycles. The molecular formula is C16H28N2O3. The standard InChI is InChI=1S/C16H28N2O3/c1-4-9-16(14(19)20)10-6-11-17(16)15(21)18-12(2)7-5-8-13(18)3/h12-13H,4-11H2,1-3H3,(H,19,20). The minimum Gasteiger partial charge on any atom is -0.479 e. The Hall–Kier alpha value is -1.26. The Labute approximate surface area is 127 Å². The van der Waals surface area contributed by atoms with Gasteiger partial charge in [0.15, 0.2) is 0 Å². The van der Waals surface area contributed by atoms with Gasteiger partial charge in [-0.2, -0.15) is 0 Å². The Balaban J connectivity index is 2.25. The Morgan fingerprint density at radius 3 is 2.33 bits per heavy atom. The molecule has 0 radical (unpaired) electrons. The van der Waals surface area contributed by atoms with Gasteiger partial charge in [-0.15, -0.1) is 0 Å². The highest BCUT2D eigenvalue weighted by atomic mass is 16.4. The fourth-order valence-electron chi connectivity index (χ4n) is 4.10. The Kier molecular flexibility index (Phi) is 4.79. The predicted octanol–water partition coefficient (Wildman–Crippen LogP) is 3.09. The average molecular weight is 296 g/mol. The lowest BCUT2D eigenvalue weighted by atomic mass is 9.90. The molecule has 2 saturated heterocycles. The summed E-state index contributed by atoms with van der Waals surface area (Å²) in [5, 5.41) is 9.73. The van der Waals surface area contributed by atoms with E-state index in [1.807, 2.05) is 11.8 Å². The van der Waals surface area contributed by atoms with Gasteiger partial charge in [0.1, 0.15) is 5.54 Å². The summed E-state index contributed by atoms with van der Waals surface area (Å²) < 4.78 is 0. The lowest BCUT2D eigenvalue weighted by Crippen LogP contribution is -2.60. The summed E-state index contributed by atoms with van der Waals surface area (Å²) in [4.78, 5) is 28.4. The Morgan fingerprint density at radius 1 is 1.19 bits per heavy atom. The molecule has 21 heavy (non-hydrogen) atoms. The number of carbonyl (C=O) groups excluding carboxylic acids is 1. The maximum absolute atomic E-state index is 13.0. The molecule has 3 atom stereocenters.